The van der Waals surface area contributed by atoms with Gasteiger partial charge in [0.25, 0.3) is 0 Å². The Labute approximate surface area is 132 Å². The third-order valence-corrected chi connectivity index (χ3v) is 3.43. The monoisotopic (exact) mass is 308 g/mol. The molecule has 2 N–H and O–H groups in total. The highest BCUT2D eigenvalue weighted by molar-refractivity contribution is 5.78. The Morgan fingerprint density at radius 1 is 1.04 bits per heavy atom. The van der Waals surface area contributed by atoms with E-state index >= 15 is 0 Å². The summed E-state index contributed by atoms with van der Waals surface area (Å²) in [6.07, 6.45) is -0.525. The number of aromatic amines is 1. The van der Waals surface area contributed by atoms with E-state index < -0.39 is 6.09 Å². The van der Waals surface area contributed by atoms with Crippen molar-refractivity contribution in [3.63, 3.8) is 0 Å². The second-order valence-electron chi connectivity index (χ2n) is 5.12. The van der Waals surface area contributed by atoms with E-state index in [-0.39, 0.29) is 18.6 Å². The number of amides is 1. The molecule has 1 heterocycles. The van der Waals surface area contributed by atoms with Crippen LogP contribution in [0.25, 0.3) is 10.9 Å². The van der Waals surface area contributed by atoms with Crippen LogP contribution >= 0.6 is 0 Å². The van der Waals surface area contributed by atoms with E-state index in [2.05, 4.69) is 10.3 Å². The van der Waals surface area contributed by atoms with Crippen LogP contribution in [0, 0.1) is 0 Å². The maximum atomic E-state index is 12.0. The normalized spacial score (nSPS) is 10.4. The van der Waals surface area contributed by atoms with Crippen LogP contribution in [0.1, 0.15) is 11.3 Å². The Morgan fingerprint density at radius 3 is 2.61 bits per heavy atom. The van der Waals surface area contributed by atoms with Crippen molar-refractivity contribution in [3.8, 4) is 0 Å². The van der Waals surface area contributed by atoms with Gasteiger partial charge in [-0.1, -0.05) is 42.5 Å². The Hall–Kier alpha value is -3.08. The maximum Gasteiger partial charge on any atom is 0.407 e. The molecule has 0 saturated heterocycles. The molecule has 0 saturated carbocycles. The number of rotatable bonds is 4. The van der Waals surface area contributed by atoms with Crippen LogP contribution in [-0.2, 0) is 17.9 Å². The lowest BCUT2D eigenvalue weighted by atomic mass is 10.2. The van der Waals surface area contributed by atoms with E-state index in [9.17, 15) is 9.59 Å². The van der Waals surface area contributed by atoms with Crippen LogP contribution in [0.2, 0.25) is 0 Å². The topological polar surface area (TPSA) is 71.2 Å². The van der Waals surface area contributed by atoms with E-state index in [4.69, 9.17) is 4.74 Å². The highest BCUT2D eigenvalue weighted by Gasteiger charge is 2.05. The van der Waals surface area contributed by atoms with Crippen LogP contribution in [0.15, 0.2) is 65.5 Å². The summed E-state index contributed by atoms with van der Waals surface area (Å²) in [6, 6.07) is 18.2. The fourth-order valence-electron chi connectivity index (χ4n) is 2.29. The second kappa shape index (κ2) is 6.79. The zero-order valence-electron chi connectivity index (χ0n) is 12.4. The van der Waals surface area contributed by atoms with Gasteiger partial charge in [0.1, 0.15) is 6.61 Å². The quantitative estimate of drug-likeness (QED) is 0.778. The number of fused-ring (bicyclic) bond motifs is 1. The molecular weight excluding hydrogens is 292 g/mol. The van der Waals surface area contributed by atoms with E-state index in [0.717, 1.165) is 11.1 Å². The largest absolute Gasteiger partial charge is 0.445 e. The number of hydrogen-bond acceptors (Lipinski definition) is 3. The number of carbonyl (C=O) groups excluding carboxylic acids is 1. The fraction of sp³-hybridized carbons (Fsp3) is 0.111. The zero-order valence-corrected chi connectivity index (χ0v) is 12.4. The molecule has 1 amide bonds. The molecule has 0 bridgehead atoms. The molecule has 0 fully saturated rings. The summed E-state index contributed by atoms with van der Waals surface area (Å²) in [4.78, 5) is 26.8. The highest BCUT2D eigenvalue weighted by atomic mass is 16.5. The van der Waals surface area contributed by atoms with Gasteiger partial charge < -0.3 is 15.0 Å². The minimum absolute atomic E-state index is 0.0752. The van der Waals surface area contributed by atoms with Crippen molar-refractivity contribution in [1.29, 1.82) is 0 Å². The molecule has 0 radical (unpaired) electrons. The Bertz CT molecular complexity index is 872. The second-order valence-corrected chi connectivity index (χ2v) is 5.12. The molecule has 0 aliphatic heterocycles. The maximum absolute atomic E-state index is 12.0. The predicted molar refractivity (Wildman–Crippen MR) is 88.0 cm³/mol. The number of para-hydroxylation sites is 1. The summed E-state index contributed by atoms with van der Waals surface area (Å²) < 4.78 is 5.13. The van der Waals surface area contributed by atoms with Crippen LogP contribution in [0.3, 0.4) is 0 Å². The van der Waals surface area contributed by atoms with E-state index in [1.165, 1.54) is 6.07 Å². The molecule has 3 aromatic rings. The third-order valence-electron chi connectivity index (χ3n) is 3.43. The summed E-state index contributed by atoms with van der Waals surface area (Å²) in [7, 11) is 0. The Morgan fingerprint density at radius 2 is 1.78 bits per heavy atom. The molecular formula is C18H16N2O3. The van der Waals surface area contributed by atoms with Gasteiger partial charge in [0, 0.05) is 22.7 Å². The molecule has 0 aliphatic carbocycles. The summed E-state index contributed by atoms with van der Waals surface area (Å²) in [5.74, 6) is 0. The van der Waals surface area contributed by atoms with Crippen molar-refractivity contribution in [1.82, 2.24) is 10.3 Å². The van der Waals surface area contributed by atoms with E-state index in [0.29, 0.717) is 11.1 Å². The SMILES string of the molecule is O=C(NCc1cc(=O)c2ccccc2[nH]1)OCc1ccccc1. The standard InChI is InChI=1S/C18H16N2O3/c21-17-10-14(20-16-9-5-4-8-15(16)17)11-19-18(22)23-12-13-6-2-1-3-7-13/h1-10H,11-12H2,(H,19,22)(H,20,21). The van der Waals surface area contributed by atoms with Crippen LogP contribution in [0.5, 0.6) is 0 Å². The Balaban J connectivity index is 1.60. The van der Waals surface area contributed by atoms with Gasteiger partial charge in [-0.2, -0.15) is 0 Å². The number of carbonyl (C=O) groups is 1. The number of benzene rings is 2. The zero-order chi connectivity index (χ0) is 16.1. The molecule has 116 valence electrons. The van der Waals surface area contributed by atoms with Gasteiger partial charge in [-0.3, -0.25) is 4.79 Å². The van der Waals surface area contributed by atoms with E-state index in [1.54, 1.807) is 6.07 Å². The first-order valence-electron chi connectivity index (χ1n) is 7.28. The van der Waals surface area contributed by atoms with Gasteiger partial charge in [0.05, 0.1) is 6.54 Å². The summed E-state index contributed by atoms with van der Waals surface area (Å²) >= 11 is 0. The minimum atomic E-state index is -0.525. The summed E-state index contributed by atoms with van der Waals surface area (Å²) in [5, 5.41) is 3.26. The van der Waals surface area contributed by atoms with Gasteiger partial charge in [0.2, 0.25) is 0 Å². The molecule has 1 aromatic heterocycles. The lowest BCUT2D eigenvalue weighted by Gasteiger charge is -2.08. The number of nitrogens with one attached hydrogen (secondary N) is 2. The first kappa shape index (κ1) is 14.8. The van der Waals surface area contributed by atoms with Gasteiger partial charge in [-0.05, 0) is 17.7 Å². The average molecular weight is 308 g/mol. The molecule has 5 nitrogen and oxygen atoms in total. The van der Waals surface area contributed by atoms with Gasteiger partial charge in [-0.25, -0.2) is 4.79 Å². The lowest BCUT2D eigenvalue weighted by Crippen LogP contribution is -2.24. The fourth-order valence-corrected chi connectivity index (χ4v) is 2.29. The molecule has 23 heavy (non-hydrogen) atoms. The molecule has 2 aromatic carbocycles. The molecule has 0 atom stereocenters. The van der Waals surface area contributed by atoms with Crippen molar-refractivity contribution in [3.05, 3.63) is 82.1 Å². The van der Waals surface area contributed by atoms with Gasteiger partial charge in [-0.15, -0.1) is 0 Å². The van der Waals surface area contributed by atoms with Crippen molar-refractivity contribution >= 4 is 17.0 Å². The van der Waals surface area contributed by atoms with Crippen molar-refractivity contribution in [2.45, 2.75) is 13.2 Å². The molecule has 5 heteroatoms. The van der Waals surface area contributed by atoms with Gasteiger partial charge >= 0.3 is 6.09 Å². The minimum Gasteiger partial charge on any atom is -0.445 e. The van der Waals surface area contributed by atoms with Crippen molar-refractivity contribution < 1.29 is 9.53 Å². The summed E-state index contributed by atoms with van der Waals surface area (Å²) in [5.41, 5.74) is 2.22. The highest BCUT2D eigenvalue weighted by Crippen LogP contribution is 2.07. The van der Waals surface area contributed by atoms with Crippen LogP contribution in [0.4, 0.5) is 4.79 Å². The lowest BCUT2D eigenvalue weighted by molar-refractivity contribution is 0.139. The number of aromatic nitrogens is 1. The van der Waals surface area contributed by atoms with E-state index in [1.807, 2.05) is 48.5 Å². The number of hydrogen-bond donors (Lipinski definition) is 2. The molecule has 3 rings (SSSR count). The molecule has 0 spiro atoms. The van der Waals surface area contributed by atoms with Crippen molar-refractivity contribution in [2.24, 2.45) is 0 Å². The van der Waals surface area contributed by atoms with Crippen molar-refractivity contribution in [2.75, 3.05) is 0 Å². The first-order chi connectivity index (χ1) is 11.2. The molecule has 0 aliphatic rings. The third kappa shape index (κ3) is 3.77. The number of H-pyrrole nitrogens is 1. The smallest absolute Gasteiger partial charge is 0.407 e. The van der Waals surface area contributed by atoms with Crippen LogP contribution in [-0.4, -0.2) is 11.1 Å². The average Bonchev–Trinajstić information content (AvgIpc) is 2.59. The number of alkyl carbamates (subject to hydrolysis) is 1. The number of pyridine rings is 1. The Kier molecular flexibility index (Phi) is 4.38. The predicted octanol–water partition coefficient (Wildman–Crippen LogP) is 2.95. The number of ether oxygens (including phenoxy) is 1. The summed E-state index contributed by atoms with van der Waals surface area (Å²) in [6.45, 7) is 0.411. The molecule has 0 unspecified atom stereocenters. The van der Waals surface area contributed by atoms with Crippen LogP contribution < -0.4 is 10.7 Å². The van der Waals surface area contributed by atoms with Gasteiger partial charge in [0.15, 0.2) is 5.43 Å². The first-order valence-corrected chi connectivity index (χ1v) is 7.28.